The molecule has 1 fully saturated rings. The second-order valence-electron chi connectivity index (χ2n) is 6.06. The number of aryl methyl sites for hydroxylation is 1. The van der Waals surface area contributed by atoms with Crippen LogP contribution in [0.3, 0.4) is 0 Å². The Kier molecular flexibility index (Phi) is 3.90. The molecule has 0 amide bonds. The van der Waals surface area contributed by atoms with Crippen LogP contribution in [0.5, 0.6) is 0 Å². The van der Waals surface area contributed by atoms with Gasteiger partial charge in [0, 0.05) is 49.5 Å². The third kappa shape index (κ3) is 2.84. The predicted octanol–water partition coefficient (Wildman–Crippen LogP) is 2.35. The van der Waals surface area contributed by atoms with Crippen molar-refractivity contribution >= 4 is 5.82 Å². The highest BCUT2D eigenvalue weighted by Gasteiger charge is 2.26. The Morgan fingerprint density at radius 3 is 2.83 bits per heavy atom. The van der Waals surface area contributed by atoms with E-state index in [4.69, 9.17) is 0 Å². The normalized spacial score (nSPS) is 17.9. The summed E-state index contributed by atoms with van der Waals surface area (Å²) < 4.78 is 0. The summed E-state index contributed by atoms with van der Waals surface area (Å²) in [5.74, 6) is 2.06. The first-order valence-electron chi connectivity index (χ1n) is 8.15. The molecule has 7 heteroatoms. The molecule has 122 valence electrons. The van der Waals surface area contributed by atoms with Crippen LogP contribution in [0.15, 0.2) is 37.2 Å². The second-order valence-corrected chi connectivity index (χ2v) is 6.06. The Bertz CT molecular complexity index is 815. The van der Waals surface area contributed by atoms with Crippen molar-refractivity contribution in [2.45, 2.75) is 25.7 Å². The third-order valence-electron chi connectivity index (χ3n) is 4.35. The highest BCUT2D eigenvalue weighted by Crippen LogP contribution is 2.31. The molecule has 1 unspecified atom stereocenters. The Balaban J connectivity index is 1.64. The molecular weight excluding hydrogens is 302 g/mol. The summed E-state index contributed by atoms with van der Waals surface area (Å²) in [4.78, 5) is 27.5. The summed E-state index contributed by atoms with van der Waals surface area (Å²) >= 11 is 0. The van der Waals surface area contributed by atoms with Gasteiger partial charge in [-0.1, -0.05) is 0 Å². The lowest BCUT2D eigenvalue weighted by Gasteiger charge is -2.33. The van der Waals surface area contributed by atoms with Gasteiger partial charge in [-0.15, -0.1) is 0 Å². The minimum atomic E-state index is 0.308. The lowest BCUT2D eigenvalue weighted by Crippen LogP contribution is -2.35. The average molecular weight is 321 g/mol. The maximum atomic E-state index is 4.63. The van der Waals surface area contributed by atoms with Crippen molar-refractivity contribution in [2.24, 2.45) is 0 Å². The van der Waals surface area contributed by atoms with Crippen LogP contribution in [0, 0.1) is 6.92 Å². The monoisotopic (exact) mass is 321 g/mol. The molecule has 0 spiro atoms. The molecule has 4 rings (SSSR count). The summed E-state index contributed by atoms with van der Waals surface area (Å²) in [5, 5.41) is 0. The van der Waals surface area contributed by atoms with E-state index in [1.807, 2.05) is 19.2 Å². The van der Waals surface area contributed by atoms with E-state index in [2.05, 4.69) is 34.8 Å². The fourth-order valence-corrected chi connectivity index (χ4v) is 3.24. The molecule has 4 heterocycles. The first-order valence-corrected chi connectivity index (χ1v) is 8.15. The molecule has 0 saturated carbocycles. The number of rotatable bonds is 3. The van der Waals surface area contributed by atoms with Gasteiger partial charge in [-0.2, -0.15) is 0 Å². The van der Waals surface area contributed by atoms with E-state index in [9.17, 15) is 0 Å². The Labute approximate surface area is 140 Å². The molecule has 1 N–H and O–H groups in total. The highest BCUT2D eigenvalue weighted by molar-refractivity contribution is 5.54. The van der Waals surface area contributed by atoms with Crippen molar-refractivity contribution in [3.8, 4) is 11.5 Å². The van der Waals surface area contributed by atoms with Crippen LogP contribution in [0.2, 0.25) is 0 Å². The number of aromatic amines is 1. The summed E-state index contributed by atoms with van der Waals surface area (Å²) in [7, 11) is 0. The number of imidazole rings is 1. The van der Waals surface area contributed by atoms with Crippen LogP contribution in [0.4, 0.5) is 5.82 Å². The van der Waals surface area contributed by atoms with Crippen molar-refractivity contribution in [1.82, 2.24) is 29.9 Å². The predicted molar refractivity (Wildman–Crippen MR) is 90.6 cm³/mol. The lowest BCUT2D eigenvalue weighted by atomic mass is 9.93. The molecule has 0 radical (unpaired) electrons. The molecule has 1 aliphatic heterocycles. The minimum absolute atomic E-state index is 0.308. The van der Waals surface area contributed by atoms with Gasteiger partial charge in [0.1, 0.15) is 17.8 Å². The number of aromatic nitrogens is 6. The SMILES string of the molecule is Cc1cnc(-c2nccnc2C2CCCN(c3ccncn3)C2)[nH]1. The number of anilines is 1. The number of nitrogens with one attached hydrogen (secondary N) is 1. The smallest absolute Gasteiger partial charge is 0.158 e. The zero-order valence-electron chi connectivity index (χ0n) is 13.6. The fourth-order valence-electron chi connectivity index (χ4n) is 3.24. The van der Waals surface area contributed by atoms with Crippen LogP contribution in [0.1, 0.15) is 30.1 Å². The van der Waals surface area contributed by atoms with Gasteiger partial charge in [0.15, 0.2) is 5.82 Å². The molecule has 0 aliphatic carbocycles. The molecule has 1 atom stereocenters. The zero-order valence-corrected chi connectivity index (χ0v) is 13.6. The fraction of sp³-hybridized carbons (Fsp3) is 0.353. The molecule has 3 aromatic rings. The quantitative estimate of drug-likeness (QED) is 0.797. The van der Waals surface area contributed by atoms with E-state index < -0.39 is 0 Å². The van der Waals surface area contributed by atoms with Gasteiger partial charge >= 0.3 is 0 Å². The van der Waals surface area contributed by atoms with Gasteiger partial charge < -0.3 is 9.88 Å². The Morgan fingerprint density at radius 2 is 2.04 bits per heavy atom. The standard InChI is InChI=1S/C17H19N7/c1-12-9-21-17(23-12)16-15(19-6-7-20-16)13-3-2-8-24(10-13)14-4-5-18-11-22-14/h4-7,9,11,13H,2-3,8,10H2,1H3,(H,21,23). The number of hydrogen-bond acceptors (Lipinski definition) is 6. The van der Waals surface area contributed by atoms with Crippen LogP contribution in [-0.2, 0) is 0 Å². The van der Waals surface area contributed by atoms with E-state index in [1.54, 1.807) is 24.9 Å². The van der Waals surface area contributed by atoms with Crippen molar-refractivity contribution in [3.05, 3.63) is 48.6 Å². The van der Waals surface area contributed by atoms with Gasteiger partial charge in [-0.05, 0) is 25.8 Å². The Morgan fingerprint density at radius 1 is 1.12 bits per heavy atom. The van der Waals surface area contributed by atoms with Gasteiger partial charge in [0.2, 0.25) is 0 Å². The van der Waals surface area contributed by atoms with Crippen LogP contribution < -0.4 is 4.90 Å². The van der Waals surface area contributed by atoms with Crippen molar-refractivity contribution in [1.29, 1.82) is 0 Å². The van der Waals surface area contributed by atoms with E-state index in [-0.39, 0.29) is 0 Å². The summed E-state index contributed by atoms with van der Waals surface area (Å²) in [6.07, 6.45) is 10.9. The largest absolute Gasteiger partial charge is 0.356 e. The van der Waals surface area contributed by atoms with Gasteiger partial charge in [-0.3, -0.25) is 4.98 Å². The van der Waals surface area contributed by atoms with Crippen molar-refractivity contribution in [3.63, 3.8) is 0 Å². The molecule has 0 bridgehead atoms. The van der Waals surface area contributed by atoms with Crippen LogP contribution >= 0.6 is 0 Å². The molecule has 1 saturated heterocycles. The van der Waals surface area contributed by atoms with Crippen molar-refractivity contribution in [2.75, 3.05) is 18.0 Å². The number of hydrogen-bond donors (Lipinski definition) is 1. The van der Waals surface area contributed by atoms with E-state index in [0.29, 0.717) is 5.92 Å². The molecule has 1 aliphatic rings. The molecule has 0 aromatic carbocycles. The van der Waals surface area contributed by atoms with E-state index in [0.717, 1.165) is 54.7 Å². The summed E-state index contributed by atoms with van der Waals surface area (Å²) in [5.41, 5.74) is 2.87. The van der Waals surface area contributed by atoms with Crippen LogP contribution in [-0.4, -0.2) is 43.0 Å². The number of nitrogens with zero attached hydrogens (tertiary/aromatic N) is 6. The summed E-state index contributed by atoms with van der Waals surface area (Å²) in [6, 6.07) is 1.95. The van der Waals surface area contributed by atoms with Crippen molar-refractivity contribution < 1.29 is 0 Å². The zero-order chi connectivity index (χ0) is 16.4. The van der Waals surface area contributed by atoms with Gasteiger partial charge in [0.25, 0.3) is 0 Å². The molecular formula is C17H19N7. The average Bonchev–Trinajstić information content (AvgIpc) is 3.09. The van der Waals surface area contributed by atoms with Gasteiger partial charge in [-0.25, -0.2) is 19.9 Å². The maximum absolute atomic E-state index is 4.63. The number of H-pyrrole nitrogens is 1. The first-order chi connectivity index (χ1) is 11.8. The number of piperidine rings is 1. The minimum Gasteiger partial charge on any atom is -0.356 e. The molecule has 3 aromatic heterocycles. The molecule has 24 heavy (non-hydrogen) atoms. The van der Waals surface area contributed by atoms with Gasteiger partial charge in [0.05, 0.1) is 5.69 Å². The third-order valence-corrected chi connectivity index (χ3v) is 4.35. The van der Waals surface area contributed by atoms with E-state index >= 15 is 0 Å². The highest BCUT2D eigenvalue weighted by atomic mass is 15.2. The molecule has 7 nitrogen and oxygen atoms in total. The summed E-state index contributed by atoms with van der Waals surface area (Å²) in [6.45, 7) is 3.87. The van der Waals surface area contributed by atoms with E-state index in [1.165, 1.54) is 0 Å². The topological polar surface area (TPSA) is 83.5 Å². The van der Waals surface area contributed by atoms with Crippen LogP contribution in [0.25, 0.3) is 11.5 Å². The first kappa shape index (κ1) is 14.7. The maximum Gasteiger partial charge on any atom is 0.158 e. The Hall–Kier alpha value is -2.83. The lowest BCUT2D eigenvalue weighted by molar-refractivity contribution is 0.498. The second kappa shape index (κ2) is 6.35.